The van der Waals surface area contributed by atoms with Gasteiger partial charge in [0.1, 0.15) is 5.82 Å². The molecule has 7 heteroatoms. The van der Waals surface area contributed by atoms with Crippen molar-refractivity contribution in [1.82, 2.24) is 0 Å². The maximum atomic E-state index is 13.9. The fraction of sp³-hybridized carbons (Fsp3) is 0.235. The SMILES string of the molecule is CC(=O)Nc1ccc(C(=O)COC(=O)CCc2ccsc2)c(F)c1. The lowest BCUT2D eigenvalue weighted by atomic mass is 10.1. The predicted octanol–water partition coefficient (Wildman–Crippen LogP) is 3.20. The summed E-state index contributed by atoms with van der Waals surface area (Å²) in [5.41, 5.74) is 1.10. The quantitative estimate of drug-likeness (QED) is 0.615. The highest BCUT2D eigenvalue weighted by atomic mass is 32.1. The Kier molecular flexibility index (Phi) is 6.20. The molecule has 1 heterocycles. The predicted molar refractivity (Wildman–Crippen MR) is 88.6 cm³/mol. The van der Waals surface area contributed by atoms with Crippen molar-refractivity contribution in [2.45, 2.75) is 19.8 Å². The lowest BCUT2D eigenvalue weighted by Crippen LogP contribution is -2.16. The van der Waals surface area contributed by atoms with Crippen LogP contribution in [0, 0.1) is 5.82 Å². The average molecular weight is 349 g/mol. The number of hydrogen-bond acceptors (Lipinski definition) is 5. The Balaban J connectivity index is 1.85. The number of halogens is 1. The van der Waals surface area contributed by atoms with Crippen molar-refractivity contribution in [3.05, 3.63) is 52.0 Å². The van der Waals surface area contributed by atoms with E-state index in [4.69, 9.17) is 4.74 Å². The highest BCUT2D eigenvalue weighted by Crippen LogP contribution is 2.15. The summed E-state index contributed by atoms with van der Waals surface area (Å²) in [4.78, 5) is 34.5. The highest BCUT2D eigenvalue weighted by molar-refractivity contribution is 7.07. The second kappa shape index (κ2) is 8.35. The van der Waals surface area contributed by atoms with Gasteiger partial charge in [0.05, 0.1) is 5.56 Å². The molecule has 1 N–H and O–H groups in total. The van der Waals surface area contributed by atoms with Gasteiger partial charge in [-0.25, -0.2) is 4.39 Å². The Morgan fingerprint density at radius 3 is 2.67 bits per heavy atom. The number of carbonyl (C=O) groups is 3. The summed E-state index contributed by atoms with van der Waals surface area (Å²) in [7, 11) is 0. The van der Waals surface area contributed by atoms with Crippen molar-refractivity contribution in [1.29, 1.82) is 0 Å². The Morgan fingerprint density at radius 1 is 1.25 bits per heavy atom. The third-order valence-electron chi connectivity index (χ3n) is 3.15. The van der Waals surface area contributed by atoms with Crippen LogP contribution < -0.4 is 5.32 Å². The molecule has 5 nitrogen and oxygen atoms in total. The van der Waals surface area contributed by atoms with E-state index in [1.807, 2.05) is 16.8 Å². The normalized spacial score (nSPS) is 10.2. The number of esters is 1. The zero-order chi connectivity index (χ0) is 17.5. The number of nitrogens with one attached hydrogen (secondary N) is 1. The minimum atomic E-state index is -0.777. The van der Waals surface area contributed by atoms with Gasteiger partial charge in [0.25, 0.3) is 0 Å². The molecule has 1 aromatic heterocycles. The van der Waals surface area contributed by atoms with Crippen molar-refractivity contribution in [2.75, 3.05) is 11.9 Å². The third kappa shape index (κ3) is 5.27. The molecule has 0 aliphatic rings. The number of carbonyl (C=O) groups excluding carboxylic acids is 3. The molecular weight excluding hydrogens is 333 g/mol. The van der Waals surface area contributed by atoms with E-state index in [9.17, 15) is 18.8 Å². The van der Waals surface area contributed by atoms with E-state index in [0.717, 1.165) is 11.6 Å². The van der Waals surface area contributed by atoms with E-state index < -0.39 is 24.2 Å². The second-order valence-corrected chi connectivity index (χ2v) is 5.87. The molecule has 0 unspecified atom stereocenters. The molecular formula is C17H16FNO4S. The van der Waals surface area contributed by atoms with Gasteiger partial charge in [-0.05, 0) is 47.0 Å². The van der Waals surface area contributed by atoms with Crippen molar-refractivity contribution >= 4 is 34.7 Å². The molecule has 0 aliphatic heterocycles. The van der Waals surface area contributed by atoms with Gasteiger partial charge in [0.15, 0.2) is 6.61 Å². The first-order chi connectivity index (χ1) is 11.5. The second-order valence-electron chi connectivity index (χ2n) is 5.09. The van der Waals surface area contributed by atoms with Crippen LogP contribution in [-0.2, 0) is 20.7 Å². The molecule has 0 fully saturated rings. The monoisotopic (exact) mass is 349 g/mol. The number of amides is 1. The zero-order valence-corrected chi connectivity index (χ0v) is 13.8. The molecule has 0 atom stereocenters. The van der Waals surface area contributed by atoms with Crippen molar-refractivity contribution in [3.8, 4) is 0 Å². The molecule has 0 saturated carbocycles. The van der Waals surface area contributed by atoms with E-state index in [1.54, 1.807) is 0 Å². The Hall–Kier alpha value is -2.54. The van der Waals surface area contributed by atoms with Crippen molar-refractivity contribution in [3.63, 3.8) is 0 Å². The first-order valence-corrected chi connectivity index (χ1v) is 8.17. The van der Waals surface area contributed by atoms with E-state index in [1.165, 1.54) is 30.4 Å². The van der Waals surface area contributed by atoms with E-state index in [0.29, 0.717) is 6.42 Å². The number of ketones is 1. The summed E-state index contributed by atoms with van der Waals surface area (Å²) < 4.78 is 18.8. The fourth-order valence-electron chi connectivity index (χ4n) is 2.00. The summed E-state index contributed by atoms with van der Waals surface area (Å²) in [6.07, 6.45) is 0.699. The topological polar surface area (TPSA) is 72.5 Å². The van der Waals surface area contributed by atoms with Crippen LogP contribution in [0.3, 0.4) is 0 Å². The highest BCUT2D eigenvalue weighted by Gasteiger charge is 2.15. The van der Waals surface area contributed by atoms with E-state index in [2.05, 4.69) is 5.32 Å². The minimum absolute atomic E-state index is 0.161. The molecule has 126 valence electrons. The molecule has 1 aromatic carbocycles. The summed E-state index contributed by atoms with van der Waals surface area (Å²) in [5, 5.41) is 6.27. The van der Waals surface area contributed by atoms with Crippen LogP contribution in [0.5, 0.6) is 0 Å². The molecule has 1 amide bonds. The number of thiophene rings is 1. The Bertz CT molecular complexity index is 743. The van der Waals surface area contributed by atoms with Crippen LogP contribution in [0.1, 0.15) is 29.3 Å². The summed E-state index contributed by atoms with van der Waals surface area (Å²) >= 11 is 1.54. The first-order valence-electron chi connectivity index (χ1n) is 7.22. The van der Waals surface area contributed by atoms with Crippen LogP contribution in [0.15, 0.2) is 35.0 Å². The van der Waals surface area contributed by atoms with Gasteiger partial charge in [0, 0.05) is 19.0 Å². The van der Waals surface area contributed by atoms with Crippen LogP contribution in [0.2, 0.25) is 0 Å². The van der Waals surface area contributed by atoms with Crippen molar-refractivity contribution in [2.24, 2.45) is 0 Å². The number of Topliss-reactive ketones (excluding diaryl/α,β-unsaturated/α-hetero) is 1. The van der Waals surface area contributed by atoms with E-state index >= 15 is 0 Å². The van der Waals surface area contributed by atoms with Gasteiger partial charge in [-0.15, -0.1) is 0 Å². The largest absolute Gasteiger partial charge is 0.457 e. The standard InChI is InChI=1S/C17H16FNO4S/c1-11(20)19-13-3-4-14(15(18)8-13)16(21)9-23-17(22)5-2-12-6-7-24-10-12/h3-4,6-8,10H,2,5,9H2,1H3,(H,19,20). The lowest BCUT2D eigenvalue weighted by molar-refractivity contribution is -0.142. The summed E-state index contributed by atoms with van der Waals surface area (Å²) in [6.45, 7) is 0.783. The van der Waals surface area contributed by atoms with Gasteiger partial charge in [0.2, 0.25) is 11.7 Å². The van der Waals surface area contributed by atoms with Gasteiger partial charge in [-0.2, -0.15) is 11.3 Å². The first kappa shape index (κ1) is 17.8. The van der Waals surface area contributed by atoms with Crippen LogP contribution in [0.4, 0.5) is 10.1 Å². The van der Waals surface area contributed by atoms with Gasteiger partial charge in [-0.1, -0.05) is 0 Å². The van der Waals surface area contributed by atoms with E-state index in [-0.39, 0.29) is 23.6 Å². The Labute approximate surface area is 142 Å². The van der Waals surface area contributed by atoms with Crippen LogP contribution in [-0.4, -0.2) is 24.3 Å². The van der Waals surface area contributed by atoms with Gasteiger partial charge < -0.3 is 10.1 Å². The summed E-state index contributed by atoms with van der Waals surface area (Å²) in [5.74, 6) is -2.26. The van der Waals surface area contributed by atoms with Gasteiger partial charge >= 0.3 is 5.97 Å². The molecule has 0 radical (unpaired) electrons. The third-order valence-corrected chi connectivity index (χ3v) is 3.88. The Morgan fingerprint density at radius 2 is 2.04 bits per heavy atom. The average Bonchev–Trinajstić information content (AvgIpc) is 3.03. The maximum Gasteiger partial charge on any atom is 0.306 e. The van der Waals surface area contributed by atoms with Crippen molar-refractivity contribution < 1.29 is 23.5 Å². The number of benzene rings is 1. The van der Waals surface area contributed by atoms with Crippen LogP contribution in [0.25, 0.3) is 0 Å². The smallest absolute Gasteiger partial charge is 0.306 e. The maximum absolute atomic E-state index is 13.9. The molecule has 0 bridgehead atoms. The number of rotatable bonds is 7. The molecule has 0 aliphatic carbocycles. The fourth-order valence-corrected chi connectivity index (χ4v) is 2.70. The number of hydrogen-bond donors (Lipinski definition) is 1. The lowest BCUT2D eigenvalue weighted by Gasteiger charge is -2.07. The van der Waals surface area contributed by atoms with Crippen LogP contribution >= 0.6 is 11.3 Å². The summed E-state index contributed by atoms with van der Waals surface area (Å²) in [6, 6.07) is 5.63. The number of ether oxygens (including phenoxy) is 1. The molecule has 24 heavy (non-hydrogen) atoms. The molecule has 0 spiro atoms. The number of aryl methyl sites for hydroxylation is 1. The minimum Gasteiger partial charge on any atom is -0.457 e. The molecule has 0 saturated heterocycles. The molecule has 2 rings (SSSR count). The number of anilines is 1. The zero-order valence-electron chi connectivity index (χ0n) is 13.0. The van der Waals surface area contributed by atoms with Gasteiger partial charge in [-0.3, -0.25) is 14.4 Å². The molecule has 2 aromatic rings.